The fraction of sp³-hybridized carbons (Fsp3) is 0.429. The first-order valence-electron chi connectivity index (χ1n) is 11.6. The normalized spacial score (nSPS) is 47.9. The molecule has 6 aliphatic carbocycles. The van der Waals surface area contributed by atoms with Crippen LogP contribution in [0.2, 0.25) is 24.2 Å². The second-order valence-corrected chi connectivity index (χ2v) is 15.5. The summed E-state index contributed by atoms with van der Waals surface area (Å²) in [5, 5.41) is 0. The molecule has 1 heteroatoms. The van der Waals surface area contributed by atoms with E-state index in [1.807, 2.05) is 0 Å². The van der Waals surface area contributed by atoms with Crippen LogP contribution in [0.1, 0.15) is 0 Å². The minimum Gasteiger partial charge on any atom is -0.0808 e. The highest BCUT2D eigenvalue weighted by Gasteiger charge is 2.61. The molecule has 29 heavy (non-hydrogen) atoms. The second kappa shape index (κ2) is 6.57. The van der Waals surface area contributed by atoms with E-state index in [1.165, 1.54) is 0 Å². The monoisotopic (exact) mass is 396 g/mol. The molecule has 0 bridgehead atoms. The van der Waals surface area contributed by atoms with Crippen LogP contribution < -0.4 is 0 Å². The Labute approximate surface area is 176 Å². The highest BCUT2D eigenvalue weighted by Crippen LogP contribution is 2.66. The van der Waals surface area contributed by atoms with Gasteiger partial charge in [-0.2, -0.15) is 0 Å². The van der Waals surface area contributed by atoms with E-state index in [0.29, 0.717) is 47.3 Å². The van der Waals surface area contributed by atoms with Crippen LogP contribution in [0.15, 0.2) is 97.2 Å². The Morgan fingerprint density at radius 2 is 0.552 bits per heavy atom. The Hall–Kier alpha value is -1.86. The molecule has 0 aliphatic heterocycles. The van der Waals surface area contributed by atoms with Crippen LogP contribution in [0.25, 0.3) is 0 Å². The van der Waals surface area contributed by atoms with Gasteiger partial charge in [0.15, 0.2) is 0 Å². The van der Waals surface area contributed by atoms with Gasteiger partial charge in [-0.25, -0.2) is 0 Å². The number of hydrogen-bond acceptors (Lipinski definition) is 0. The van der Waals surface area contributed by atoms with Crippen molar-refractivity contribution in [2.75, 3.05) is 0 Å². The predicted octanol–water partition coefficient (Wildman–Crippen LogP) is 6.90. The summed E-state index contributed by atoms with van der Waals surface area (Å²) in [7, 11) is -1.61. The first-order chi connectivity index (χ1) is 14.2. The molecule has 6 rings (SSSR count). The third kappa shape index (κ3) is 2.49. The summed E-state index contributed by atoms with van der Waals surface area (Å²) in [6.07, 6.45) is 38.9. The van der Waals surface area contributed by atoms with Gasteiger partial charge in [0.2, 0.25) is 0 Å². The van der Waals surface area contributed by atoms with Crippen molar-refractivity contribution in [3.8, 4) is 0 Å². The maximum Gasteiger partial charge on any atom is 0.0560 e. The Morgan fingerprint density at radius 3 is 0.793 bits per heavy atom. The van der Waals surface area contributed by atoms with Crippen molar-refractivity contribution in [1.29, 1.82) is 0 Å². The van der Waals surface area contributed by atoms with E-state index in [4.69, 9.17) is 0 Å². The SMILES string of the molecule is C[Si](C)(C1C2C=CC=CC2C2C=CC=CC21)C1C2C=CC=CC2C2C=CC=CC21. The van der Waals surface area contributed by atoms with E-state index >= 15 is 0 Å². The summed E-state index contributed by atoms with van der Waals surface area (Å²) >= 11 is 0. The highest BCUT2D eigenvalue weighted by molar-refractivity contribution is 6.80. The molecule has 6 aliphatic rings. The quantitative estimate of drug-likeness (QED) is 0.446. The van der Waals surface area contributed by atoms with Gasteiger partial charge in [-0.1, -0.05) is 110 Å². The van der Waals surface area contributed by atoms with E-state index < -0.39 is 8.07 Å². The van der Waals surface area contributed by atoms with Gasteiger partial charge in [0.25, 0.3) is 0 Å². The lowest BCUT2D eigenvalue weighted by molar-refractivity contribution is 0.461. The van der Waals surface area contributed by atoms with Gasteiger partial charge in [-0.3, -0.25) is 0 Å². The Bertz CT molecular complexity index is 778. The van der Waals surface area contributed by atoms with Crippen LogP contribution in [0.5, 0.6) is 0 Å². The summed E-state index contributed by atoms with van der Waals surface area (Å²) in [5.41, 5.74) is 1.64. The Balaban J connectivity index is 1.44. The molecule has 0 saturated heterocycles. The Morgan fingerprint density at radius 1 is 0.345 bits per heavy atom. The largest absolute Gasteiger partial charge is 0.0808 e. The van der Waals surface area contributed by atoms with Crippen LogP contribution in [0.3, 0.4) is 0 Å². The van der Waals surface area contributed by atoms with Crippen molar-refractivity contribution in [3.63, 3.8) is 0 Å². The third-order valence-electron chi connectivity index (χ3n) is 9.15. The van der Waals surface area contributed by atoms with Crippen LogP contribution in [0, 0.1) is 47.3 Å². The lowest BCUT2D eigenvalue weighted by atomic mass is 9.83. The van der Waals surface area contributed by atoms with Crippen molar-refractivity contribution in [2.45, 2.75) is 24.2 Å². The summed E-state index contributed by atoms with van der Waals surface area (Å²) in [5.74, 6) is 5.64. The van der Waals surface area contributed by atoms with E-state index in [9.17, 15) is 0 Å². The van der Waals surface area contributed by atoms with Crippen molar-refractivity contribution in [2.24, 2.45) is 47.3 Å². The number of hydrogen-bond donors (Lipinski definition) is 0. The van der Waals surface area contributed by atoms with E-state index in [-0.39, 0.29) is 0 Å². The van der Waals surface area contributed by atoms with Gasteiger partial charge in [0, 0.05) is 0 Å². The standard InChI is InChI=1S/C28H32Si/c1-29(2,27-23-15-7-3-11-19(23)20-12-4-8-16-24(20)27)28-25-17-9-5-13-21(25)22-14-6-10-18-26(22)28/h3-28H,1-2H3. The minimum absolute atomic E-state index is 0.694. The second-order valence-electron chi connectivity index (χ2n) is 10.6. The molecule has 8 atom stereocenters. The van der Waals surface area contributed by atoms with Crippen molar-refractivity contribution in [1.82, 2.24) is 0 Å². The lowest BCUT2D eigenvalue weighted by Gasteiger charge is -2.46. The van der Waals surface area contributed by atoms with E-state index in [0.717, 1.165) is 11.1 Å². The zero-order valence-electron chi connectivity index (χ0n) is 17.5. The van der Waals surface area contributed by atoms with Gasteiger partial charge < -0.3 is 0 Å². The average molecular weight is 397 g/mol. The molecule has 2 saturated carbocycles. The molecule has 8 unspecified atom stereocenters. The van der Waals surface area contributed by atoms with Crippen LogP contribution in [-0.2, 0) is 0 Å². The summed E-state index contributed by atoms with van der Waals surface area (Å²) < 4.78 is 0. The molecule has 0 N–H and O–H groups in total. The molecule has 0 aromatic heterocycles. The van der Waals surface area contributed by atoms with Gasteiger partial charge in [0.05, 0.1) is 8.07 Å². The average Bonchev–Trinajstić information content (AvgIpc) is 3.28. The first-order valence-corrected chi connectivity index (χ1v) is 14.7. The summed E-state index contributed by atoms with van der Waals surface area (Å²) in [6.45, 7) is 5.50. The van der Waals surface area contributed by atoms with Crippen LogP contribution >= 0.6 is 0 Å². The highest BCUT2D eigenvalue weighted by atomic mass is 28.3. The van der Waals surface area contributed by atoms with Crippen molar-refractivity contribution in [3.05, 3.63) is 97.2 Å². The lowest BCUT2D eigenvalue weighted by Crippen LogP contribution is -2.46. The van der Waals surface area contributed by atoms with Gasteiger partial charge in [-0.15, -0.1) is 0 Å². The van der Waals surface area contributed by atoms with Gasteiger partial charge >= 0.3 is 0 Å². The van der Waals surface area contributed by atoms with Crippen LogP contribution in [-0.4, -0.2) is 8.07 Å². The maximum absolute atomic E-state index is 2.75. The smallest absolute Gasteiger partial charge is 0.0560 e. The molecule has 2 fully saturated rings. The van der Waals surface area contributed by atoms with Gasteiger partial charge in [0.1, 0.15) is 0 Å². The number of rotatable bonds is 2. The fourth-order valence-electron chi connectivity index (χ4n) is 8.26. The minimum atomic E-state index is -1.61. The molecule has 0 amide bonds. The number of fused-ring (bicyclic) bond motifs is 6. The molecule has 0 spiro atoms. The first kappa shape index (κ1) is 17.9. The molecule has 0 nitrogen and oxygen atoms in total. The van der Waals surface area contributed by atoms with Crippen molar-refractivity contribution < 1.29 is 0 Å². The Kier molecular flexibility index (Phi) is 4.07. The topological polar surface area (TPSA) is 0 Å². The molecular formula is C28H32Si. The zero-order chi connectivity index (χ0) is 19.6. The van der Waals surface area contributed by atoms with Gasteiger partial charge in [-0.05, 0) is 58.4 Å². The molecule has 0 radical (unpaired) electrons. The fourth-order valence-corrected chi connectivity index (χ4v) is 14.0. The molecule has 148 valence electrons. The molecule has 0 heterocycles. The van der Waals surface area contributed by atoms with E-state index in [2.05, 4.69) is 110 Å². The zero-order valence-corrected chi connectivity index (χ0v) is 18.5. The maximum atomic E-state index is 2.75. The molecule has 0 aromatic carbocycles. The van der Waals surface area contributed by atoms with Crippen LogP contribution in [0.4, 0.5) is 0 Å². The van der Waals surface area contributed by atoms with E-state index in [1.54, 1.807) is 0 Å². The molecular weight excluding hydrogens is 364 g/mol. The van der Waals surface area contributed by atoms with Crippen molar-refractivity contribution >= 4 is 8.07 Å². The third-order valence-corrected chi connectivity index (χ3v) is 14.1. The summed E-state index contributed by atoms with van der Waals surface area (Å²) in [6, 6.07) is 0. The summed E-state index contributed by atoms with van der Waals surface area (Å²) in [4.78, 5) is 0. The number of allylic oxidation sites excluding steroid dienone is 16. The molecule has 0 aromatic rings. The predicted molar refractivity (Wildman–Crippen MR) is 126 cm³/mol.